The summed E-state index contributed by atoms with van der Waals surface area (Å²) >= 11 is 0. The number of nitrogens with one attached hydrogen (secondary N) is 2. The first kappa shape index (κ1) is 37.5. The van der Waals surface area contributed by atoms with E-state index in [-0.39, 0.29) is 16.7 Å². The maximum absolute atomic E-state index is 12.9. The van der Waals surface area contributed by atoms with Crippen molar-refractivity contribution in [3.63, 3.8) is 0 Å². The summed E-state index contributed by atoms with van der Waals surface area (Å²) < 4.78 is 62.9. The van der Waals surface area contributed by atoms with Crippen molar-refractivity contribution in [3.8, 4) is 0 Å². The van der Waals surface area contributed by atoms with Crippen LogP contribution >= 0.6 is 0 Å². The summed E-state index contributed by atoms with van der Waals surface area (Å²) in [6.07, 6.45) is 2.33. The van der Waals surface area contributed by atoms with Crippen LogP contribution in [-0.4, -0.2) is 71.2 Å². The largest absolute Gasteiger partial charge is 0.460 e. The predicted molar refractivity (Wildman–Crippen MR) is 222 cm³/mol. The van der Waals surface area contributed by atoms with Crippen LogP contribution in [0.25, 0.3) is 21.9 Å². The summed E-state index contributed by atoms with van der Waals surface area (Å²) in [5, 5.41) is 2.09. The van der Waals surface area contributed by atoms with Crippen LogP contribution in [0.2, 0.25) is 0 Å². The van der Waals surface area contributed by atoms with Crippen LogP contribution < -0.4 is 9.44 Å². The molecule has 2 aromatic heterocycles. The van der Waals surface area contributed by atoms with Crippen molar-refractivity contribution in [2.75, 3.05) is 48.1 Å². The smallest absolute Gasteiger partial charge is 0.289 e. The SMILES string of the molecule is CC1(c2cccc(NS(C)(=O)=O)c2)C2CN(C(=O)c3cc4ccccc4o3)CC21.CC1(c2cccc(NS(C)(=O)=O)c2)C2CN(Cc3cc4ccccc4o3)CC21. The first-order valence-corrected chi connectivity index (χ1v) is 23.0. The number of furan rings is 2. The molecule has 4 aliphatic rings. The molecule has 11 nitrogen and oxygen atoms in total. The van der Waals surface area contributed by atoms with Crippen molar-refractivity contribution in [3.05, 3.63) is 132 Å². The van der Waals surface area contributed by atoms with Crippen LogP contribution in [0.4, 0.5) is 11.4 Å². The van der Waals surface area contributed by atoms with Gasteiger partial charge in [0.1, 0.15) is 16.9 Å². The Labute approximate surface area is 333 Å². The minimum atomic E-state index is -3.31. The molecular weight excluding hydrogens is 761 g/mol. The number of hydrogen-bond acceptors (Lipinski definition) is 8. The number of rotatable bonds is 9. The molecule has 57 heavy (non-hydrogen) atoms. The van der Waals surface area contributed by atoms with E-state index in [9.17, 15) is 21.6 Å². The number of hydrogen-bond donors (Lipinski definition) is 2. The predicted octanol–water partition coefficient (Wildman–Crippen LogP) is 7.29. The van der Waals surface area contributed by atoms with Gasteiger partial charge in [-0.2, -0.15) is 0 Å². The van der Waals surface area contributed by atoms with Gasteiger partial charge in [-0.3, -0.25) is 19.1 Å². The number of carbonyl (C=O) groups excluding carboxylic acids is 1. The summed E-state index contributed by atoms with van der Waals surface area (Å²) in [5.41, 5.74) is 5.30. The zero-order valence-corrected chi connectivity index (χ0v) is 33.9. The zero-order valence-electron chi connectivity index (χ0n) is 32.3. The molecule has 10 rings (SSSR count). The molecule has 4 unspecified atom stereocenters. The van der Waals surface area contributed by atoms with E-state index < -0.39 is 20.0 Å². The second-order valence-electron chi connectivity index (χ2n) is 16.7. The van der Waals surface area contributed by atoms with Gasteiger partial charge in [-0.1, -0.05) is 74.5 Å². The molecule has 13 heteroatoms. The standard InChI is InChI=1S/C22H22N2O4S.C22H24N2O3S/c1-22(15-7-5-8-16(11-15)23-29(2,26)27)17-12-24(13-18(17)22)21(25)20-10-14-6-3-4-9-19(14)28-20;1-22(16-7-5-8-17(11-16)23-28(2,25)26)19-13-24(14-20(19)22)12-18-10-15-6-3-4-9-21(15)27-18/h3-11,17-18,23H,12-13H2,1-2H3;3-11,19-20,23H,12-14H2,1-2H3. The van der Waals surface area contributed by atoms with E-state index in [1.165, 1.54) is 11.8 Å². The summed E-state index contributed by atoms with van der Waals surface area (Å²) in [4.78, 5) is 17.2. The third-order valence-electron chi connectivity index (χ3n) is 12.9. The number of fused-ring (bicyclic) bond motifs is 4. The number of likely N-dealkylation sites (tertiary alicyclic amines) is 2. The van der Waals surface area contributed by atoms with Gasteiger partial charge in [0.2, 0.25) is 20.0 Å². The number of anilines is 2. The Morgan fingerprint density at radius 3 is 1.60 bits per heavy atom. The Hall–Kier alpha value is -5.11. The third-order valence-corrected chi connectivity index (χ3v) is 14.1. The topological polar surface area (TPSA) is 142 Å². The highest BCUT2D eigenvalue weighted by atomic mass is 32.2. The molecule has 0 spiro atoms. The van der Waals surface area contributed by atoms with Crippen molar-refractivity contribution in [2.45, 2.75) is 31.2 Å². The molecule has 2 saturated heterocycles. The number of nitrogens with zero attached hydrogens (tertiary/aromatic N) is 2. The molecular formula is C44H46N4O7S2. The van der Waals surface area contributed by atoms with Gasteiger partial charge in [0.15, 0.2) is 5.76 Å². The van der Waals surface area contributed by atoms with Gasteiger partial charge in [0, 0.05) is 59.2 Å². The van der Waals surface area contributed by atoms with E-state index in [4.69, 9.17) is 8.83 Å². The minimum Gasteiger partial charge on any atom is -0.460 e. The Morgan fingerprint density at radius 2 is 1.11 bits per heavy atom. The number of para-hydroxylation sites is 2. The van der Waals surface area contributed by atoms with Crippen LogP contribution in [0, 0.1) is 23.7 Å². The Morgan fingerprint density at radius 1 is 0.632 bits per heavy atom. The molecule has 2 aliphatic carbocycles. The molecule has 4 fully saturated rings. The molecule has 6 aromatic rings. The lowest BCUT2D eigenvalue weighted by atomic mass is 9.92. The minimum absolute atomic E-state index is 0.0418. The lowest BCUT2D eigenvalue weighted by Gasteiger charge is -2.24. The molecule has 0 radical (unpaired) electrons. The quantitative estimate of drug-likeness (QED) is 0.155. The number of benzene rings is 4. The Kier molecular flexibility index (Phi) is 8.87. The molecule has 1 amide bonds. The van der Waals surface area contributed by atoms with Crippen LogP contribution in [-0.2, 0) is 37.4 Å². The summed E-state index contributed by atoms with van der Waals surface area (Å²) in [6.45, 7) is 8.80. The van der Waals surface area contributed by atoms with Gasteiger partial charge in [-0.25, -0.2) is 16.8 Å². The van der Waals surface area contributed by atoms with Crippen molar-refractivity contribution in [2.24, 2.45) is 23.7 Å². The van der Waals surface area contributed by atoms with Gasteiger partial charge >= 0.3 is 0 Å². The van der Waals surface area contributed by atoms with Gasteiger partial charge < -0.3 is 13.7 Å². The molecule has 296 valence electrons. The van der Waals surface area contributed by atoms with E-state index in [1.54, 1.807) is 18.2 Å². The van der Waals surface area contributed by atoms with Crippen molar-refractivity contribution < 1.29 is 30.5 Å². The zero-order chi connectivity index (χ0) is 39.9. The Bertz CT molecular complexity index is 2670. The average molecular weight is 807 g/mol. The number of piperidine rings is 2. The molecule has 4 heterocycles. The molecule has 4 atom stereocenters. The van der Waals surface area contributed by atoms with Crippen LogP contribution in [0.15, 0.2) is 118 Å². The maximum Gasteiger partial charge on any atom is 0.289 e. The summed E-state index contributed by atoms with van der Waals surface area (Å²) in [6, 6.07) is 35.1. The molecule has 0 bridgehead atoms. The van der Waals surface area contributed by atoms with Crippen molar-refractivity contribution >= 4 is 59.3 Å². The maximum atomic E-state index is 12.9. The van der Waals surface area contributed by atoms with Crippen molar-refractivity contribution in [1.82, 2.24) is 9.80 Å². The fourth-order valence-electron chi connectivity index (χ4n) is 9.84. The highest BCUT2D eigenvalue weighted by molar-refractivity contribution is 7.92. The number of amides is 1. The van der Waals surface area contributed by atoms with Crippen LogP contribution in [0.5, 0.6) is 0 Å². The summed E-state index contributed by atoms with van der Waals surface area (Å²) in [5.74, 6) is 3.27. The lowest BCUT2D eigenvalue weighted by molar-refractivity contribution is 0.0735. The van der Waals surface area contributed by atoms with Gasteiger partial charge in [-0.05, 0) is 83.3 Å². The lowest BCUT2D eigenvalue weighted by Crippen LogP contribution is -2.34. The fourth-order valence-corrected chi connectivity index (χ4v) is 10.9. The monoisotopic (exact) mass is 806 g/mol. The van der Waals surface area contributed by atoms with E-state index in [0.717, 1.165) is 59.2 Å². The number of sulfonamides is 2. The van der Waals surface area contributed by atoms with E-state index in [1.807, 2.05) is 77.7 Å². The number of carbonyl (C=O) groups is 1. The third kappa shape index (κ3) is 7.10. The average Bonchev–Trinajstić information content (AvgIpc) is 3.65. The molecule has 2 aliphatic heterocycles. The first-order chi connectivity index (χ1) is 27.1. The van der Waals surface area contributed by atoms with E-state index in [2.05, 4.69) is 46.4 Å². The Balaban J connectivity index is 0.000000148. The van der Waals surface area contributed by atoms with E-state index in [0.29, 0.717) is 53.9 Å². The second kappa shape index (κ2) is 13.5. The molecule has 2 saturated carbocycles. The highest BCUT2D eigenvalue weighted by Gasteiger charge is 2.67. The van der Waals surface area contributed by atoms with Crippen LogP contribution in [0.3, 0.4) is 0 Å². The fraction of sp³-hybridized carbons (Fsp3) is 0.341. The summed E-state index contributed by atoms with van der Waals surface area (Å²) in [7, 11) is -6.57. The van der Waals surface area contributed by atoms with Gasteiger partial charge in [-0.15, -0.1) is 0 Å². The second-order valence-corrected chi connectivity index (χ2v) is 20.2. The van der Waals surface area contributed by atoms with Gasteiger partial charge in [0.25, 0.3) is 5.91 Å². The van der Waals surface area contributed by atoms with Gasteiger partial charge in [0.05, 0.1) is 19.1 Å². The van der Waals surface area contributed by atoms with Crippen molar-refractivity contribution in [1.29, 1.82) is 0 Å². The highest BCUT2D eigenvalue weighted by Crippen LogP contribution is 2.64. The van der Waals surface area contributed by atoms with Crippen LogP contribution in [0.1, 0.15) is 41.3 Å². The van der Waals surface area contributed by atoms with E-state index >= 15 is 0 Å². The first-order valence-electron chi connectivity index (χ1n) is 19.2. The molecule has 4 aromatic carbocycles. The molecule has 2 N–H and O–H groups in total. The normalized spacial score (nSPS) is 26.4.